The van der Waals surface area contributed by atoms with Crippen molar-refractivity contribution in [1.82, 2.24) is 4.90 Å². The van der Waals surface area contributed by atoms with E-state index in [1.54, 1.807) is 0 Å². The van der Waals surface area contributed by atoms with E-state index >= 15 is 0 Å². The topological polar surface area (TPSA) is 15.3 Å². The first-order valence-corrected chi connectivity index (χ1v) is 5.91. The fourth-order valence-electron chi connectivity index (χ4n) is 1.94. The third-order valence-electron chi connectivity index (χ3n) is 2.75. The Bertz CT molecular complexity index is 375. The molecule has 0 bridgehead atoms. The Morgan fingerprint density at radius 3 is 2.50 bits per heavy atom. The van der Waals surface area contributed by atoms with Crippen molar-refractivity contribution < 1.29 is 4.39 Å². The van der Waals surface area contributed by atoms with Gasteiger partial charge in [-0.2, -0.15) is 0 Å². The maximum atomic E-state index is 13.0. The molecule has 1 aliphatic heterocycles. The van der Waals surface area contributed by atoms with Gasteiger partial charge in [0.2, 0.25) is 0 Å². The number of nitrogens with zero attached hydrogens (tertiary/aromatic N) is 1. The number of hydrogen-bond donors (Lipinski definition) is 1. The van der Waals surface area contributed by atoms with Gasteiger partial charge in [0.25, 0.3) is 0 Å². The highest BCUT2D eigenvalue weighted by molar-refractivity contribution is 6.39. The summed E-state index contributed by atoms with van der Waals surface area (Å²) in [6, 6.07) is 2.87. The minimum atomic E-state index is -0.413. The van der Waals surface area contributed by atoms with Crippen LogP contribution in [0.4, 0.5) is 10.1 Å². The Kier molecular flexibility index (Phi) is 3.57. The van der Waals surface area contributed by atoms with Crippen LogP contribution in [0.3, 0.4) is 0 Å². The van der Waals surface area contributed by atoms with E-state index in [2.05, 4.69) is 17.3 Å². The highest BCUT2D eigenvalue weighted by Crippen LogP contribution is 2.32. The van der Waals surface area contributed by atoms with Crippen LogP contribution < -0.4 is 5.32 Å². The second kappa shape index (κ2) is 4.78. The molecule has 0 aliphatic carbocycles. The summed E-state index contributed by atoms with van der Waals surface area (Å²) < 4.78 is 13.0. The first kappa shape index (κ1) is 12.0. The Hall–Kier alpha value is -0.510. The molecule has 1 N–H and O–H groups in total. The molecular weight excluding hydrogens is 250 g/mol. The van der Waals surface area contributed by atoms with Crippen molar-refractivity contribution in [2.24, 2.45) is 0 Å². The highest BCUT2D eigenvalue weighted by atomic mass is 35.5. The molecule has 1 atom stereocenters. The Morgan fingerprint density at radius 1 is 1.38 bits per heavy atom. The van der Waals surface area contributed by atoms with E-state index in [9.17, 15) is 4.39 Å². The van der Waals surface area contributed by atoms with Gasteiger partial charge in [0.1, 0.15) is 5.82 Å². The number of anilines is 1. The zero-order chi connectivity index (χ0) is 11.7. The lowest BCUT2D eigenvalue weighted by Crippen LogP contribution is -2.23. The van der Waals surface area contributed by atoms with Crippen LogP contribution in [0.5, 0.6) is 0 Å². The van der Waals surface area contributed by atoms with Gasteiger partial charge in [0, 0.05) is 12.6 Å². The molecule has 0 spiro atoms. The zero-order valence-corrected chi connectivity index (χ0v) is 10.4. The molecule has 5 heteroatoms. The molecule has 1 aliphatic rings. The largest absolute Gasteiger partial charge is 0.379 e. The molecule has 1 aromatic rings. The van der Waals surface area contributed by atoms with Crippen LogP contribution in [0.2, 0.25) is 10.0 Å². The van der Waals surface area contributed by atoms with Gasteiger partial charge in [-0.05, 0) is 32.1 Å². The predicted octanol–water partition coefficient (Wildman–Crippen LogP) is 3.25. The Morgan fingerprint density at radius 2 is 2.00 bits per heavy atom. The van der Waals surface area contributed by atoms with Crippen molar-refractivity contribution in [3.63, 3.8) is 0 Å². The minimum Gasteiger partial charge on any atom is -0.379 e. The second-order valence-corrected chi connectivity index (χ2v) is 4.95. The van der Waals surface area contributed by atoms with Crippen LogP contribution in [0.15, 0.2) is 12.1 Å². The summed E-state index contributed by atoms with van der Waals surface area (Å²) in [7, 11) is 2.07. The molecule has 0 radical (unpaired) electrons. The molecule has 2 nitrogen and oxygen atoms in total. The van der Waals surface area contributed by atoms with E-state index in [-0.39, 0.29) is 0 Å². The van der Waals surface area contributed by atoms with Gasteiger partial charge in [0.15, 0.2) is 0 Å². The molecular formula is C11H13Cl2FN2. The molecule has 1 aromatic carbocycles. The SMILES string of the molecule is CN1CCC(Nc2c(Cl)cc(F)cc2Cl)C1. The summed E-state index contributed by atoms with van der Waals surface area (Å²) in [5, 5.41) is 3.93. The summed E-state index contributed by atoms with van der Waals surface area (Å²) in [4.78, 5) is 2.23. The number of likely N-dealkylation sites (tertiary alicyclic amines) is 1. The second-order valence-electron chi connectivity index (χ2n) is 4.14. The quantitative estimate of drug-likeness (QED) is 0.881. The Labute approximate surface area is 104 Å². The summed E-state index contributed by atoms with van der Waals surface area (Å²) >= 11 is 11.9. The van der Waals surface area contributed by atoms with Crippen LogP contribution in [-0.4, -0.2) is 31.1 Å². The van der Waals surface area contributed by atoms with Crippen molar-refractivity contribution >= 4 is 28.9 Å². The maximum Gasteiger partial charge on any atom is 0.126 e. The monoisotopic (exact) mass is 262 g/mol. The normalized spacial score (nSPS) is 21.4. The zero-order valence-electron chi connectivity index (χ0n) is 8.93. The summed E-state index contributed by atoms with van der Waals surface area (Å²) in [5.41, 5.74) is 0.630. The smallest absolute Gasteiger partial charge is 0.126 e. The van der Waals surface area contributed by atoms with E-state index in [0.29, 0.717) is 21.8 Å². The van der Waals surface area contributed by atoms with Gasteiger partial charge in [-0.3, -0.25) is 0 Å². The van der Waals surface area contributed by atoms with Gasteiger partial charge >= 0.3 is 0 Å². The summed E-state index contributed by atoms with van der Waals surface area (Å²) in [6.07, 6.45) is 1.04. The van der Waals surface area contributed by atoms with Gasteiger partial charge in [-0.15, -0.1) is 0 Å². The average molecular weight is 263 g/mol. The molecule has 0 amide bonds. The highest BCUT2D eigenvalue weighted by Gasteiger charge is 2.21. The van der Waals surface area contributed by atoms with Crippen LogP contribution in [-0.2, 0) is 0 Å². The molecule has 1 unspecified atom stereocenters. The van der Waals surface area contributed by atoms with Crippen molar-refractivity contribution in [1.29, 1.82) is 0 Å². The first-order valence-electron chi connectivity index (χ1n) is 5.16. The molecule has 88 valence electrons. The lowest BCUT2D eigenvalue weighted by atomic mass is 10.2. The summed E-state index contributed by atoms with van der Waals surface area (Å²) in [6.45, 7) is 2.00. The van der Waals surface area contributed by atoms with Gasteiger partial charge < -0.3 is 10.2 Å². The fourth-order valence-corrected chi connectivity index (χ4v) is 2.51. The molecule has 16 heavy (non-hydrogen) atoms. The number of likely N-dealkylation sites (N-methyl/N-ethyl adjacent to an activating group) is 1. The summed E-state index contributed by atoms with van der Waals surface area (Å²) in [5.74, 6) is -0.413. The van der Waals surface area contributed by atoms with Crippen LogP contribution in [0.1, 0.15) is 6.42 Å². The third-order valence-corrected chi connectivity index (χ3v) is 3.34. The van der Waals surface area contributed by atoms with Crippen molar-refractivity contribution in [3.8, 4) is 0 Å². The van der Waals surface area contributed by atoms with E-state index < -0.39 is 5.82 Å². The lowest BCUT2D eigenvalue weighted by Gasteiger charge is -2.16. The van der Waals surface area contributed by atoms with E-state index in [1.807, 2.05) is 0 Å². The van der Waals surface area contributed by atoms with Crippen LogP contribution in [0, 0.1) is 5.82 Å². The van der Waals surface area contributed by atoms with Crippen molar-refractivity contribution in [3.05, 3.63) is 28.0 Å². The standard InChI is InChI=1S/C11H13Cl2FN2/c1-16-3-2-8(6-16)15-11-9(12)4-7(14)5-10(11)13/h4-5,8,15H,2-3,6H2,1H3. The molecule has 1 saturated heterocycles. The molecule has 0 aromatic heterocycles. The maximum absolute atomic E-state index is 13.0. The molecule has 1 fully saturated rings. The van der Waals surface area contributed by atoms with Gasteiger partial charge in [-0.1, -0.05) is 23.2 Å². The Balaban J connectivity index is 2.15. The predicted molar refractivity (Wildman–Crippen MR) is 65.9 cm³/mol. The molecule has 0 saturated carbocycles. The van der Waals surface area contributed by atoms with Crippen LogP contribution in [0.25, 0.3) is 0 Å². The number of hydrogen-bond acceptors (Lipinski definition) is 2. The number of rotatable bonds is 2. The van der Waals surface area contributed by atoms with Gasteiger partial charge in [-0.25, -0.2) is 4.39 Å². The van der Waals surface area contributed by atoms with Crippen molar-refractivity contribution in [2.45, 2.75) is 12.5 Å². The number of halogens is 3. The van der Waals surface area contributed by atoms with E-state index in [4.69, 9.17) is 23.2 Å². The fraction of sp³-hybridized carbons (Fsp3) is 0.455. The minimum absolute atomic E-state index is 0.325. The average Bonchev–Trinajstić information content (AvgIpc) is 2.58. The molecule has 2 rings (SSSR count). The first-order chi connectivity index (χ1) is 7.56. The van der Waals surface area contributed by atoms with Crippen LogP contribution >= 0.6 is 23.2 Å². The van der Waals surface area contributed by atoms with E-state index in [1.165, 1.54) is 12.1 Å². The van der Waals surface area contributed by atoms with E-state index in [0.717, 1.165) is 19.5 Å². The number of benzene rings is 1. The van der Waals surface area contributed by atoms with Crippen molar-refractivity contribution in [2.75, 3.05) is 25.5 Å². The third kappa shape index (κ3) is 2.59. The number of nitrogens with one attached hydrogen (secondary N) is 1. The molecule has 1 heterocycles. The lowest BCUT2D eigenvalue weighted by molar-refractivity contribution is 0.414. The van der Waals surface area contributed by atoms with Gasteiger partial charge in [0.05, 0.1) is 15.7 Å².